The first-order chi connectivity index (χ1) is 15.0. The summed E-state index contributed by atoms with van der Waals surface area (Å²) >= 11 is 0. The lowest BCUT2D eigenvalue weighted by atomic mass is 10.0. The number of hydrogen-bond donors (Lipinski definition) is 2. The highest BCUT2D eigenvalue weighted by molar-refractivity contribution is 5.91. The number of fused-ring (bicyclic) bond motifs is 1. The van der Waals surface area contributed by atoms with Crippen LogP contribution in [0.5, 0.6) is 0 Å². The molecule has 1 aliphatic rings. The quantitative estimate of drug-likeness (QED) is 0.658. The van der Waals surface area contributed by atoms with Gasteiger partial charge in [-0.15, -0.1) is 0 Å². The summed E-state index contributed by atoms with van der Waals surface area (Å²) in [6.45, 7) is 1.21. The van der Waals surface area contributed by atoms with Crippen LogP contribution in [0.15, 0.2) is 63.6 Å². The van der Waals surface area contributed by atoms with Gasteiger partial charge in [-0.1, -0.05) is 30.3 Å². The maximum absolute atomic E-state index is 12.4. The molecule has 0 fully saturated rings. The Morgan fingerprint density at radius 2 is 2.03 bits per heavy atom. The van der Waals surface area contributed by atoms with E-state index in [1.54, 1.807) is 13.1 Å². The number of nitrogens with one attached hydrogen (secondary N) is 2. The number of hydrogen-bond acceptors (Lipinski definition) is 6. The average molecular weight is 418 g/mol. The molecule has 0 saturated carbocycles. The van der Waals surface area contributed by atoms with Gasteiger partial charge in [-0.25, -0.2) is 4.79 Å². The van der Waals surface area contributed by atoms with Crippen LogP contribution >= 0.6 is 0 Å². The van der Waals surface area contributed by atoms with Gasteiger partial charge in [0.25, 0.3) is 5.91 Å². The minimum absolute atomic E-state index is 0.192. The van der Waals surface area contributed by atoms with E-state index >= 15 is 0 Å². The van der Waals surface area contributed by atoms with Crippen LogP contribution in [0.25, 0.3) is 22.2 Å². The monoisotopic (exact) mass is 418 g/mol. The first kappa shape index (κ1) is 20.3. The molecule has 1 aliphatic heterocycles. The van der Waals surface area contributed by atoms with E-state index in [4.69, 9.17) is 9.15 Å². The predicted molar refractivity (Wildman–Crippen MR) is 115 cm³/mol. The van der Waals surface area contributed by atoms with Crippen molar-refractivity contribution < 1.29 is 13.9 Å². The van der Waals surface area contributed by atoms with Crippen LogP contribution in [-0.2, 0) is 23.0 Å². The van der Waals surface area contributed by atoms with Crippen LogP contribution in [-0.4, -0.2) is 29.7 Å². The number of carbonyl (C=O) groups is 1. The van der Waals surface area contributed by atoms with E-state index in [9.17, 15) is 14.9 Å². The van der Waals surface area contributed by atoms with Crippen LogP contribution in [0.2, 0.25) is 0 Å². The summed E-state index contributed by atoms with van der Waals surface area (Å²) in [6, 6.07) is 14.8. The number of nitriles is 1. The third kappa shape index (κ3) is 4.46. The van der Waals surface area contributed by atoms with Crippen LogP contribution < -0.4 is 16.4 Å². The number of aromatic nitrogens is 1. The number of rotatable bonds is 5. The topological polar surface area (TPSA) is 109 Å². The highest BCUT2D eigenvalue weighted by atomic mass is 16.5. The Labute approximate surface area is 178 Å². The van der Waals surface area contributed by atoms with Crippen LogP contribution in [0.1, 0.15) is 12.0 Å². The van der Waals surface area contributed by atoms with Gasteiger partial charge in [0.1, 0.15) is 6.04 Å². The number of oxazole rings is 1. The van der Waals surface area contributed by atoms with Gasteiger partial charge in [0.15, 0.2) is 11.3 Å². The Morgan fingerprint density at radius 3 is 2.81 bits per heavy atom. The van der Waals surface area contributed by atoms with E-state index < -0.39 is 17.7 Å². The highest BCUT2D eigenvalue weighted by Crippen LogP contribution is 2.24. The number of ether oxygens (including phenoxy) is 1. The van der Waals surface area contributed by atoms with Gasteiger partial charge in [-0.3, -0.25) is 9.36 Å². The minimum Gasteiger partial charge on any atom is -0.487 e. The summed E-state index contributed by atoms with van der Waals surface area (Å²) in [5.41, 5.74) is 4.11. The number of amides is 1. The number of nitrogens with zero attached hydrogens (tertiary/aromatic N) is 2. The van der Waals surface area contributed by atoms with Crippen LogP contribution in [0, 0.1) is 11.3 Å². The first-order valence-corrected chi connectivity index (χ1v) is 10.0. The van der Waals surface area contributed by atoms with E-state index in [2.05, 4.69) is 16.7 Å². The molecule has 0 spiro atoms. The Kier molecular flexibility index (Phi) is 5.76. The molecule has 2 heterocycles. The lowest BCUT2D eigenvalue weighted by Crippen LogP contribution is -2.37. The summed E-state index contributed by atoms with van der Waals surface area (Å²) in [4.78, 5) is 24.0. The zero-order chi connectivity index (χ0) is 21.8. The molecule has 0 unspecified atom stereocenters. The first-order valence-electron chi connectivity index (χ1n) is 10.0. The largest absolute Gasteiger partial charge is 0.487 e. The van der Waals surface area contributed by atoms with Gasteiger partial charge >= 0.3 is 5.76 Å². The third-order valence-electron chi connectivity index (χ3n) is 5.16. The van der Waals surface area contributed by atoms with Crippen molar-refractivity contribution in [3.05, 3.63) is 70.5 Å². The molecule has 1 amide bonds. The summed E-state index contributed by atoms with van der Waals surface area (Å²) < 4.78 is 12.1. The molecule has 0 aliphatic carbocycles. The molecular weight excluding hydrogens is 396 g/mol. The smallest absolute Gasteiger partial charge is 0.419 e. The molecular formula is C23H22N4O4. The van der Waals surface area contributed by atoms with Gasteiger partial charge in [0, 0.05) is 26.2 Å². The molecule has 3 aromatic rings. The number of carbonyl (C=O) groups excluding carboxylic acids is 1. The van der Waals surface area contributed by atoms with E-state index in [-0.39, 0.29) is 5.76 Å². The Balaban J connectivity index is 1.45. The number of aryl methyl sites for hydroxylation is 1. The second-order valence-electron chi connectivity index (χ2n) is 7.33. The van der Waals surface area contributed by atoms with Crippen molar-refractivity contribution in [2.45, 2.75) is 18.9 Å². The minimum atomic E-state index is -0.678. The lowest BCUT2D eigenvalue weighted by molar-refractivity contribution is -0.121. The molecule has 31 heavy (non-hydrogen) atoms. The molecule has 0 radical (unpaired) electrons. The molecule has 2 aromatic carbocycles. The fraction of sp³-hybridized carbons (Fsp3) is 0.261. The van der Waals surface area contributed by atoms with Gasteiger partial charge in [-0.2, -0.15) is 5.26 Å². The van der Waals surface area contributed by atoms with Gasteiger partial charge < -0.3 is 19.8 Å². The predicted octanol–water partition coefficient (Wildman–Crippen LogP) is 2.20. The maximum atomic E-state index is 12.4. The molecule has 8 nitrogen and oxygen atoms in total. The van der Waals surface area contributed by atoms with Crippen molar-refractivity contribution in [3.63, 3.8) is 0 Å². The second kappa shape index (κ2) is 8.79. The maximum Gasteiger partial charge on any atom is 0.419 e. The third-order valence-corrected chi connectivity index (χ3v) is 5.16. The Hall–Kier alpha value is -3.99. The van der Waals surface area contributed by atoms with E-state index in [1.165, 1.54) is 10.8 Å². The Morgan fingerprint density at radius 1 is 1.26 bits per heavy atom. The van der Waals surface area contributed by atoms with Crippen molar-refractivity contribution in [1.82, 2.24) is 15.2 Å². The molecule has 8 heteroatoms. The van der Waals surface area contributed by atoms with Crippen LogP contribution in [0.4, 0.5) is 0 Å². The summed E-state index contributed by atoms with van der Waals surface area (Å²) in [5.74, 6) is -0.610. The molecule has 158 valence electrons. The second-order valence-corrected chi connectivity index (χ2v) is 7.33. The fourth-order valence-electron chi connectivity index (χ4n) is 3.43. The molecule has 4 rings (SSSR count). The fourth-order valence-corrected chi connectivity index (χ4v) is 3.43. The van der Waals surface area contributed by atoms with Crippen molar-refractivity contribution in [2.24, 2.45) is 7.05 Å². The SMILES string of the molecule is Cn1c(=O)oc2ccc(-c3ccc(C[C@@H](C#N)NC(=O)C4=CNCCCO4)cc3)cc21. The van der Waals surface area contributed by atoms with E-state index in [1.807, 2.05) is 36.4 Å². The van der Waals surface area contributed by atoms with Crippen LogP contribution in [0.3, 0.4) is 0 Å². The van der Waals surface area contributed by atoms with Gasteiger partial charge in [0.05, 0.1) is 18.2 Å². The molecule has 0 bridgehead atoms. The summed E-state index contributed by atoms with van der Waals surface area (Å²) in [7, 11) is 1.67. The molecule has 0 saturated heterocycles. The Bertz CT molecular complexity index is 1230. The average Bonchev–Trinajstić information content (AvgIpc) is 2.96. The molecule has 1 aromatic heterocycles. The molecule has 1 atom stereocenters. The lowest BCUT2D eigenvalue weighted by Gasteiger charge is -2.14. The normalized spacial score (nSPS) is 14.5. The summed E-state index contributed by atoms with van der Waals surface area (Å²) in [5, 5.41) is 15.2. The molecule has 2 N–H and O–H groups in total. The zero-order valence-electron chi connectivity index (χ0n) is 17.1. The zero-order valence-corrected chi connectivity index (χ0v) is 17.1. The highest BCUT2D eigenvalue weighted by Gasteiger charge is 2.18. The van der Waals surface area contributed by atoms with Crippen molar-refractivity contribution in [1.29, 1.82) is 5.26 Å². The standard InChI is InChI=1S/C23H22N4O4/c1-27-19-12-17(7-8-20(19)31-23(27)29)16-5-3-15(4-6-16)11-18(13-24)26-22(28)21-14-25-9-2-10-30-21/h3-8,12,14,18,25H,2,9-11H2,1H3,(H,26,28)/t18-/m0/s1. The van der Waals surface area contributed by atoms with Gasteiger partial charge in [-0.05, 0) is 35.2 Å². The van der Waals surface area contributed by atoms with Crippen molar-refractivity contribution in [2.75, 3.05) is 13.2 Å². The van der Waals surface area contributed by atoms with E-state index in [0.717, 1.165) is 35.2 Å². The van der Waals surface area contributed by atoms with Crippen molar-refractivity contribution in [3.8, 4) is 17.2 Å². The van der Waals surface area contributed by atoms with Gasteiger partial charge in [0.2, 0.25) is 0 Å². The summed E-state index contributed by atoms with van der Waals surface area (Å²) in [6.07, 6.45) is 2.72. The number of benzene rings is 2. The van der Waals surface area contributed by atoms with E-state index in [0.29, 0.717) is 18.6 Å². The van der Waals surface area contributed by atoms with Crippen molar-refractivity contribution >= 4 is 17.0 Å².